The van der Waals surface area contributed by atoms with Gasteiger partial charge in [-0.3, -0.25) is 4.79 Å². The van der Waals surface area contributed by atoms with Crippen molar-refractivity contribution in [2.24, 2.45) is 0 Å². The fraction of sp³-hybridized carbons (Fsp3) is 0.174. The predicted molar refractivity (Wildman–Crippen MR) is 111 cm³/mol. The molecule has 7 nitrogen and oxygen atoms in total. The molecule has 156 valence electrons. The van der Waals surface area contributed by atoms with Gasteiger partial charge in [0.15, 0.2) is 5.76 Å². The molecule has 2 aromatic heterocycles. The molecule has 33 heavy (non-hydrogen) atoms. The number of aromatic amines is 1. The number of carboxylic acids is 1. The second-order valence-electron chi connectivity index (χ2n) is 7.82. The number of aryl methyl sites for hydroxylation is 1. The molecule has 0 saturated heterocycles. The fourth-order valence-electron chi connectivity index (χ4n) is 3.92. The molecule has 0 amide bonds. The molecule has 1 fully saturated rings. The maximum atomic E-state index is 13.1. The first-order chi connectivity index (χ1) is 14.8. The van der Waals surface area contributed by atoms with Crippen molar-refractivity contribution in [3.05, 3.63) is 69.1 Å². The minimum absolute atomic E-state index is 0. The Morgan fingerprint density at radius 3 is 2.36 bits per heavy atom. The monoisotopic (exact) mass is 512 g/mol. The molecule has 0 aliphatic heterocycles. The van der Waals surface area contributed by atoms with E-state index in [4.69, 9.17) is 16.1 Å². The molecule has 0 atom stereocenters. The number of aromatic nitrogens is 2. The Balaban J connectivity index is 0.00000153. The largest absolute Gasteiger partial charge is 1.00 e. The first-order valence-corrected chi connectivity index (χ1v) is 10.0. The molecule has 4 aromatic rings. The summed E-state index contributed by atoms with van der Waals surface area (Å²) in [7, 11) is 0. The molecule has 1 N–H and O–H groups in total. The number of rotatable bonds is 4. The first kappa shape index (κ1) is 27.3. The molecule has 2 aromatic carbocycles. The number of hydrogen-bond donors (Lipinski definition) is 1. The van der Waals surface area contributed by atoms with Crippen LogP contribution in [0.4, 0.5) is 0 Å². The quantitative estimate of drug-likeness (QED) is 0.285. The van der Waals surface area contributed by atoms with E-state index in [0.717, 1.165) is 0 Å². The van der Waals surface area contributed by atoms with Gasteiger partial charge in [-0.25, -0.2) is 0 Å². The van der Waals surface area contributed by atoms with Crippen LogP contribution >= 0.6 is 11.6 Å². The zero-order valence-corrected chi connectivity index (χ0v) is 25.3. The van der Waals surface area contributed by atoms with Gasteiger partial charge in [0.2, 0.25) is 0 Å². The van der Waals surface area contributed by atoms with Gasteiger partial charge in [-0.15, -0.1) is 0 Å². The molecular formula is C23H15ClK2N2O5. The van der Waals surface area contributed by atoms with Gasteiger partial charge in [0.25, 0.3) is 5.56 Å². The number of nitrogens with one attached hydrogen (secondary N) is 1. The topological polar surface area (TPSA) is 122 Å². The average Bonchev–Trinajstić information content (AvgIpc) is 3.44. The summed E-state index contributed by atoms with van der Waals surface area (Å²) in [5.41, 5.74) is 1.24. The van der Waals surface area contributed by atoms with Gasteiger partial charge in [-0.1, -0.05) is 46.8 Å². The van der Waals surface area contributed by atoms with Crippen LogP contribution in [-0.2, 0) is 10.2 Å². The second-order valence-corrected chi connectivity index (χ2v) is 8.22. The molecule has 1 saturated carbocycles. The average molecular weight is 513 g/mol. The third-order valence-electron chi connectivity index (χ3n) is 5.82. The normalized spacial score (nSPS) is 13.8. The Bertz CT molecular complexity index is 1430. The summed E-state index contributed by atoms with van der Waals surface area (Å²) in [6, 6.07) is 11.7. The van der Waals surface area contributed by atoms with Crippen molar-refractivity contribution in [3.63, 3.8) is 0 Å². The Morgan fingerprint density at radius 2 is 1.82 bits per heavy atom. The van der Waals surface area contributed by atoms with Crippen molar-refractivity contribution in [1.82, 2.24) is 10.1 Å². The van der Waals surface area contributed by atoms with Crippen LogP contribution in [0.15, 0.2) is 51.8 Å². The standard InChI is InChI=1S/C23H17ClN2O5.2K/c1-11-8-18(31-26-11)19-20(27)15-9-14(16(24)10-17(15)25-21(19)28)12-2-4-13(5-3-12)23(6-7-23)22(29)30;;/h2-5,8-10H,6-7H2,1H3,(H,29,30)(H2,25,27,28);;/q;2*+1/p-2. The minimum Gasteiger partial charge on any atom is -0.871 e. The summed E-state index contributed by atoms with van der Waals surface area (Å²) in [5.74, 6) is -1.46. The predicted octanol–water partition coefficient (Wildman–Crippen LogP) is -3.32. The Kier molecular flexibility index (Phi) is 8.56. The number of nitrogens with zero attached hydrogens (tertiary/aromatic N) is 1. The Labute approximate surface area is 278 Å². The van der Waals surface area contributed by atoms with Gasteiger partial charge >= 0.3 is 103 Å². The van der Waals surface area contributed by atoms with Crippen molar-refractivity contribution >= 4 is 28.5 Å². The number of pyridine rings is 1. The van der Waals surface area contributed by atoms with Crippen LogP contribution in [0.2, 0.25) is 5.02 Å². The fourth-order valence-corrected chi connectivity index (χ4v) is 4.19. The third kappa shape index (κ3) is 4.88. The number of hydrogen-bond acceptors (Lipinski definition) is 6. The van der Waals surface area contributed by atoms with E-state index in [1.807, 2.05) is 0 Å². The Morgan fingerprint density at radius 1 is 1.15 bits per heavy atom. The van der Waals surface area contributed by atoms with Crippen molar-refractivity contribution in [2.75, 3.05) is 0 Å². The smallest absolute Gasteiger partial charge is 0.871 e. The van der Waals surface area contributed by atoms with E-state index in [-0.39, 0.29) is 119 Å². The molecule has 2 heterocycles. The molecule has 10 heteroatoms. The minimum atomic E-state index is -1.07. The first-order valence-electron chi connectivity index (χ1n) is 9.63. The van der Waals surface area contributed by atoms with Gasteiger partial charge in [0.05, 0.1) is 22.2 Å². The molecular weight excluding hydrogens is 498 g/mol. The summed E-state index contributed by atoms with van der Waals surface area (Å²) in [5, 5.41) is 28.9. The molecule has 0 radical (unpaired) electrons. The van der Waals surface area contributed by atoms with E-state index >= 15 is 0 Å². The van der Waals surface area contributed by atoms with Crippen LogP contribution in [-0.4, -0.2) is 16.1 Å². The summed E-state index contributed by atoms with van der Waals surface area (Å²) in [6.45, 7) is 1.69. The van der Waals surface area contributed by atoms with Crippen molar-refractivity contribution in [3.8, 4) is 28.2 Å². The van der Waals surface area contributed by atoms with Crippen LogP contribution in [0.25, 0.3) is 33.4 Å². The SMILES string of the molecule is Cc1cc(-c2c([O-])c3cc(-c4ccc(C5(C(=O)[O-])CC5)cc4)c(Cl)cc3[nH]c2=O)on1.[K+].[K+]. The Hall–Kier alpha value is -0.307. The van der Waals surface area contributed by atoms with Crippen LogP contribution in [0.3, 0.4) is 0 Å². The maximum Gasteiger partial charge on any atom is 1.00 e. The van der Waals surface area contributed by atoms with Gasteiger partial charge in [0.1, 0.15) is 0 Å². The molecule has 0 bridgehead atoms. The van der Waals surface area contributed by atoms with E-state index in [1.54, 1.807) is 37.3 Å². The number of carbonyl (C=O) groups excluding carboxylic acids is 1. The second kappa shape index (κ2) is 10.4. The number of H-pyrrole nitrogens is 1. The number of aliphatic carboxylic acids is 1. The van der Waals surface area contributed by atoms with Crippen molar-refractivity contribution < 1.29 is 122 Å². The van der Waals surface area contributed by atoms with Gasteiger partial charge < -0.3 is 24.5 Å². The van der Waals surface area contributed by atoms with E-state index in [9.17, 15) is 19.8 Å². The summed E-state index contributed by atoms with van der Waals surface area (Å²) >= 11 is 6.44. The van der Waals surface area contributed by atoms with E-state index in [0.29, 0.717) is 45.8 Å². The van der Waals surface area contributed by atoms with Crippen molar-refractivity contribution in [2.45, 2.75) is 25.2 Å². The summed E-state index contributed by atoms with van der Waals surface area (Å²) in [6.07, 6.45) is 1.12. The molecule has 1 aliphatic rings. The van der Waals surface area contributed by atoms with Crippen LogP contribution < -0.4 is 119 Å². The van der Waals surface area contributed by atoms with Gasteiger partial charge in [0, 0.05) is 22.6 Å². The molecule has 0 unspecified atom stereocenters. The van der Waals surface area contributed by atoms with E-state index in [2.05, 4.69) is 10.1 Å². The molecule has 5 rings (SSSR count). The van der Waals surface area contributed by atoms with Gasteiger partial charge in [-0.2, -0.15) is 0 Å². The van der Waals surface area contributed by atoms with Gasteiger partial charge in [-0.05, 0) is 48.4 Å². The number of carboxylic acid groups (broad SMARTS) is 1. The summed E-state index contributed by atoms with van der Waals surface area (Å²) in [4.78, 5) is 26.6. The number of fused-ring (bicyclic) bond motifs is 1. The number of halogens is 1. The third-order valence-corrected chi connectivity index (χ3v) is 6.13. The van der Waals surface area contributed by atoms with Crippen molar-refractivity contribution in [1.29, 1.82) is 0 Å². The molecule has 0 spiro atoms. The molecule has 1 aliphatic carbocycles. The maximum absolute atomic E-state index is 13.1. The van der Waals surface area contributed by atoms with Crippen LogP contribution in [0.1, 0.15) is 24.1 Å². The zero-order chi connectivity index (χ0) is 21.9. The van der Waals surface area contributed by atoms with E-state index in [1.165, 1.54) is 12.1 Å². The summed E-state index contributed by atoms with van der Waals surface area (Å²) < 4.78 is 5.12. The van der Waals surface area contributed by atoms with E-state index < -0.39 is 22.7 Å². The van der Waals surface area contributed by atoms with Crippen LogP contribution in [0, 0.1) is 6.92 Å². The zero-order valence-electron chi connectivity index (χ0n) is 18.3. The number of carbonyl (C=O) groups is 1. The van der Waals surface area contributed by atoms with Crippen LogP contribution in [0.5, 0.6) is 5.75 Å². The number of benzene rings is 2.